The maximum Gasteiger partial charge on any atom is 0.320 e. The quantitative estimate of drug-likeness (QED) is 0.512. The van der Waals surface area contributed by atoms with E-state index in [-0.39, 0.29) is 0 Å². The second-order valence-corrected chi connectivity index (χ2v) is 10.5. The van der Waals surface area contributed by atoms with E-state index in [4.69, 9.17) is 8.74 Å². The van der Waals surface area contributed by atoms with Crippen LogP contribution in [0.25, 0.3) is 0 Å². The van der Waals surface area contributed by atoms with E-state index < -0.39 is 15.9 Å². The Bertz CT molecular complexity index is 156. The fourth-order valence-electron chi connectivity index (χ4n) is 0.648. The van der Waals surface area contributed by atoms with Gasteiger partial charge in [-0.3, -0.25) is 4.57 Å². The molecule has 0 aliphatic rings. The fraction of sp³-hybridized carbons (Fsp3) is 1.00. The first kappa shape index (κ1) is 11.4. The third-order valence-corrected chi connectivity index (χ3v) is 5.71. The lowest BCUT2D eigenvalue weighted by Gasteiger charge is -2.23. The van der Waals surface area contributed by atoms with E-state index in [1.54, 1.807) is 0 Å². The summed E-state index contributed by atoms with van der Waals surface area (Å²) in [6, 6.07) is 0. The molecule has 11 heavy (non-hydrogen) atoms. The predicted octanol–water partition coefficient (Wildman–Crippen LogP) is 2.70. The smallest absolute Gasteiger partial charge is 0.320 e. The van der Waals surface area contributed by atoms with Crippen LogP contribution in [0.1, 0.15) is 6.92 Å². The highest BCUT2D eigenvalue weighted by Crippen LogP contribution is 2.49. The van der Waals surface area contributed by atoms with Crippen LogP contribution in [-0.2, 0) is 13.3 Å². The van der Waals surface area contributed by atoms with E-state index in [1.807, 2.05) is 26.6 Å². The summed E-state index contributed by atoms with van der Waals surface area (Å²) >= 11 is 0. The maximum absolute atomic E-state index is 11.6. The highest BCUT2D eigenvalue weighted by molar-refractivity contribution is 7.55. The van der Waals surface area contributed by atoms with Gasteiger partial charge in [-0.25, -0.2) is 0 Å². The van der Waals surface area contributed by atoms with Crippen molar-refractivity contribution in [2.24, 2.45) is 0 Å². The third-order valence-electron chi connectivity index (χ3n) is 1.08. The van der Waals surface area contributed by atoms with Gasteiger partial charge < -0.3 is 8.74 Å². The minimum atomic E-state index is -2.74. The Balaban J connectivity index is 4.21. The summed E-state index contributed by atoms with van der Waals surface area (Å²) in [5.74, 6) is 0. The van der Waals surface area contributed by atoms with Gasteiger partial charge in [0.05, 0.1) is 0 Å². The summed E-state index contributed by atoms with van der Waals surface area (Å²) in [5.41, 5.74) is 0. The molecule has 0 rings (SSSR count). The van der Waals surface area contributed by atoms with Crippen molar-refractivity contribution in [1.82, 2.24) is 0 Å². The van der Waals surface area contributed by atoms with Gasteiger partial charge >= 0.3 is 7.60 Å². The fourth-order valence-corrected chi connectivity index (χ4v) is 5.06. The van der Waals surface area contributed by atoms with E-state index in [2.05, 4.69) is 0 Å². The van der Waals surface area contributed by atoms with Crippen LogP contribution in [0, 0.1) is 0 Å². The molecule has 68 valence electrons. The van der Waals surface area contributed by atoms with Crippen LogP contribution < -0.4 is 0 Å². The van der Waals surface area contributed by atoms with E-state index in [0.717, 1.165) is 0 Å². The Hall–Kier alpha value is 0.367. The largest absolute Gasteiger partial charge is 0.351 e. The zero-order valence-corrected chi connectivity index (χ0v) is 9.77. The van der Waals surface area contributed by atoms with Gasteiger partial charge in [0.1, 0.15) is 0 Å². The molecular formula is C6H17O3PSi. The molecule has 0 N–H and O–H groups in total. The molecule has 0 saturated heterocycles. The zero-order valence-electron chi connectivity index (χ0n) is 7.88. The van der Waals surface area contributed by atoms with Gasteiger partial charge in [-0.05, 0) is 19.6 Å². The Morgan fingerprint density at radius 3 is 1.91 bits per heavy atom. The van der Waals surface area contributed by atoms with Crippen molar-refractivity contribution in [3.63, 3.8) is 0 Å². The molecule has 0 aromatic carbocycles. The van der Waals surface area contributed by atoms with Crippen molar-refractivity contribution in [1.29, 1.82) is 0 Å². The van der Waals surface area contributed by atoms with Crippen LogP contribution in [0.3, 0.4) is 0 Å². The highest BCUT2D eigenvalue weighted by atomic mass is 31.2. The molecule has 0 fully saturated rings. The minimum absolute atomic E-state index is 0.452. The van der Waals surface area contributed by atoms with Gasteiger partial charge in [-0.2, -0.15) is 0 Å². The Labute approximate surface area is 69.8 Å². The highest BCUT2D eigenvalue weighted by Gasteiger charge is 2.28. The molecule has 0 amide bonds. The standard InChI is InChI=1S/C6H17O3PSi/c1-6-10(7,8-2)9-11(3,4)5/h6H2,1-5H3. The first-order valence-corrected chi connectivity index (χ1v) is 8.82. The normalized spacial score (nSPS) is 17.9. The molecule has 0 spiro atoms. The van der Waals surface area contributed by atoms with Crippen molar-refractivity contribution in [2.75, 3.05) is 13.3 Å². The van der Waals surface area contributed by atoms with Crippen molar-refractivity contribution in [3.8, 4) is 0 Å². The molecule has 0 radical (unpaired) electrons. The van der Waals surface area contributed by atoms with Crippen molar-refractivity contribution < 1.29 is 13.3 Å². The molecular weight excluding hydrogens is 179 g/mol. The van der Waals surface area contributed by atoms with Gasteiger partial charge in [0.25, 0.3) is 0 Å². The van der Waals surface area contributed by atoms with Crippen molar-refractivity contribution in [2.45, 2.75) is 26.6 Å². The van der Waals surface area contributed by atoms with E-state index in [9.17, 15) is 4.57 Å². The molecule has 0 aliphatic heterocycles. The lowest BCUT2D eigenvalue weighted by Crippen LogP contribution is -2.24. The summed E-state index contributed by atoms with van der Waals surface area (Å²) in [5, 5.41) is 0. The molecule has 0 saturated carbocycles. The summed E-state index contributed by atoms with van der Waals surface area (Å²) in [6.07, 6.45) is 0.452. The van der Waals surface area contributed by atoms with Gasteiger partial charge in [0.15, 0.2) is 8.32 Å². The van der Waals surface area contributed by atoms with Crippen LogP contribution in [0.4, 0.5) is 0 Å². The van der Waals surface area contributed by atoms with Crippen LogP contribution >= 0.6 is 7.60 Å². The Morgan fingerprint density at radius 1 is 1.36 bits per heavy atom. The van der Waals surface area contributed by atoms with Gasteiger partial charge in [-0.15, -0.1) is 0 Å². The van der Waals surface area contributed by atoms with Crippen LogP contribution in [0.2, 0.25) is 19.6 Å². The van der Waals surface area contributed by atoms with Crippen molar-refractivity contribution >= 4 is 15.9 Å². The van der Waals surface area contributed by atoms with Gasteiger partial charge in [0.2, 0.25) is 0 Å². The summed E-state index contributed by atoms with van der Waals surface area (Å²) < 4.78 is 21.8. The lowest BCUT2D eigenvalue weighted by molar-refractivity contribution is 0.322. The molecule has 1 unspecified atom stereocenters. The summed E-state index contributed by atoms with van der Waals surface area (Å²) in [4.78, 5) is 0. The maximum atomic E-state index is 11.6. The number of rotatable bonds is 4. The van der Waals surface area contributed by atoms with Crippen molar-refractivity contribution in [3.05, 3.63) is 0 Å². The summed E-state index contributed by atoms with van der Waals surface area (Å²) in [6.45, 7) is 7.79. The zero-order chi connectivity index (χ0) is 9.12. The minimum Gasteiger partial charge on any atom is -0.351 e. The molecule has 0 aliphatic carbocycles. The second kappa shape index (κ2) is 3.85. The van der Waals surface area contributed by atoms with E-state index >= 15 is 0 Å². The molecule has 0 aromatic rings. The first-order chi connectivity index (χ1) is 4.83. The molecule has 5 heteroatoms. The van der Waals surface area contributed by atoms with Gasteiger partial charge in [0, 0.05) is 13.3 Å². The predicted molar refractivity (Wildman–Crippen MR) is 49.6 cm³/mol. The molecule has 3 nitrogen and oxygen atoms in total. The monoisotopic (exact) mass is 196 g/mol. The van der Waals surface area contributed by atoms with E-state index in [0.29, 0.717) is 6.16 Å². The molecule has 1 atom stereocenters. The van der Waals surface area contributed by atoms with Gasteiger partial charge in [-0.1, -0.05) is 6.92 Å². The lowest BCUT2D eigenvalue weighted by atomic mass is 11.0. The summed E-state index contributed by atoms with van der Waals surface area (Å²) in [7, 11) is -3.03. The Kier molecular flexibility index (Phi) is 3.98. The number of hydrogen-bond donors (Lipinski definition) is 0. The topological polar surface area (TPSA) is 35.5 Å². The molecule has 0 bridgehead atoms. The third kappa shape index (κ3) is 4.75. The number of hydrogen-bond acceptors (Lipinski definition) is 3. The second-order valence-electron chi connectivity index (χ2n) is 3.31. The Morgan fingerprint density at radius 2 is 1.82 bits per heavy atom. The van der Waals surface area contributed by atoms with Crippen LogP contribution in [0.15, 0.2) is 0 Å². The SMILES string of the molecule is CCP(=O)(OC)O[Si](C)(C)C. The van der Waals surface area contributed by atoms with Crippen LogP contribution in [0.5, 0.6) is 0 Å². The molecule has 0 aromatic heterocycles. The average Bonchev–Trinajstić information content (AvgIpc) is 1.84. The van der Waals surface area contributed by atoms with Crippen LogP contribution in [-0.4, -0.2) is 21.6 Å². The average molecular weight is 196 g/mol. The van der Waals surface area contributed by atoms with E-state index in [1.165, 1.54) is 7.11 Å². The molecule has 0 heterocycles. The first-order valence-electron chi connectivity index (χ1n) is 3.68.